The van der Waals surface area contributed by atoms with E-state index in [0.29, 0.717) is 107 Å². The summed E-state index contributed by atoms with van der Waals surface area (Å²) in [6, 6.07) is -2.40. The van der Waals surface area contributed by atoms with Gasteiger partial charge in [-0.25, -0.2) is 9.59 Å². The molecule has 4 saturated heterocycles. The van der Waals surface area contributed by atoms with Crippen molar-refractivity contribution in [2.24, 2.45) is 59.2 Å². The molecule has 0 aromatic rings. The molecular weight excluding hydrogens is 1430 g/mol. The van der Waals surface area contributed by atoms with Crippen LogP contribution in [-0.4, -0.2) is 247 Å². The Bertz CT molecular complexity index is 3310. The lowest BCUT2D eigenvalue weighted by molar-refractivity contribution is -0.302. The molecule has 6 fully saturated rings. The molecular formula is C86H134N2O23. The summed E-state index contributed by atoms with van der Waals surface area (Å²) in [5, 5.41) is 59.0. The second-order valence-corrected chi connectivity index (χ2v) is 34.3. The molecule has 2 amide bonds. The Labute approximate surface area is 658 Å². The van der Waals surface area contributed by atoms with E-state index in [1.807, 2.05) is 64.2 Å². The van der Waals surface area contributed by atoms with Gasteiger partial charge in [0.05, 0.1) is 61.0 Å². The van der Waals surface area contributed by atoms with Crippen LogP contribution < -0.4 is 0 Å². The Morgan fingerprint density at radius 2 is 0.901 bits per heavy atom. The molecule has 28 atom stereocenters. The molecule has 4 unspecified atom stereocenters. The first-order valence-corrected chi connectivity index (χ1v) is 41.2. The number of aliphatic hydroxyl groups is 5. The molecule has 0 spiro atoms. The molecule has 0 aromatic heterocycles. The highest BCUT2D eigenvalue weighted by molar-refractivity contribution is 6.39. The number of ether oxygens (including phenoxy) is 10. The Kier molecular flexibility index (Phi) is 34.6. The Hall–Kier alpha value is -5.26. The number of aliphatic hydroxyl groups excluding tert-OH is 4. The van der Waals surface area contributed by atoms with Crippen LogP contribution in [0, 0.1) is 59.2 Å². The van der Waals surface area contributed by atoms with Gasteiger partial charge in [-0.15, -0.1) is 0 Å². The third-order valence-corrected chi connectivity index (χ3v) is 25.7. The third kappa shape index (κ3) is 23.1. The van der Waals surface area contributed by atoms with Gasteiger partial charge in [-0.2, -0.15) is 0 Å². The lowest BCUT2D eigenvalue weighted by Gasteiger charge is -2.47. The zero-order chi connectivity index (χ0) is 81.5. The molecule has 2 saturated carbocycles. The van der Waals surface area contributed by atoms with Crippen molar-refractivity contribution in [3.05, 3.63) is 58.7 Å². The van der Waals surface area contributed by atoms with Crippen molar-refractivity contribution in [2.75, 3.05) is 55.7 Å². The summed E-state index contributed by atoms with van der Waals surface area (Å²) < 4.78 is 61.6. The number of nitrogens with zero attached hydrogens (tertiary/aromatic N) is 2. The van der Waals surface area contributed by atoms with Crippen LogP contribution in [0.4, 0.5) is 0 Å². The molecule has 6 aliphatic heterocycles. The number of carbonyl (C=O) groups excluding carboxylic acids is 8. The molecule has 25 nitrogen and oxygen atoms in total. The molecule has 6 heterocycles. The topological polar surface area (TPSA) is 336 Å². The Morgan fingerprint density at radius 1 is 0.495 bits per heavy atom. The molecule has 0 radical (unpaired) electrons. The summed E-state index contributed by atoms with van der Waals surface area (Å²) in [6.45, 7) is 18.5. The first-order valence-electron chi connectivity index (χ1n) is 41.2. The Balaban J connectivity index is 1.15. The number of carbonyl (C=O) groups is 8. The predicted octanol–water partition coefficient (Wildman–Crippen LogP) is 9.16. The summed E-state index contributed by atoms with van der Waals surface area (Å²) in [7, 11) is 9.23. The van der Waals surface area contributed by atoms with Gasteiger partial charge < -0.3 is 82.7 Å². The van der Waals surface area contributed by atoms with Crippen LogP contribution in [0.5, 0.6) is 0 Å². The molecule has 8 rings (SSSR count). The van der Waals surface area contributed by atoms with Crippen LogP contribution in [0.3, 0.4) is 0 Å². The van der Waals surface area contributed by atoms with Crippen molar-refractivity contribution in [2.45, 2.75) is 320 Å². The number of rotatable bonds is 14. The number of fused-ring (bicyclic) bond motifs is 6. The highest BCUT2D eigenvalue weighted by Gasteiger charge is 2.57. The quantitative estimate of drug-likeness (QED) is 0.0614. The van der Waals surface area contributed by atoms with Gasteiger partial charge in [0.15, 0.2) is 0 Å². The first kappa shape index (κ1) is 91.3. The van der Waals surface area contributed by atoms with E-state index >= 15 is 9.59 Å². The van der Waals surface area contributed by atoms with Crippen molar-refractivity contribution in [1.29, 1.82) is 0 Å². The van der Waals surface area contributed by atoms with Gasteiger partial charge in [0, 0.05) is 98.2 Å². The average Bonchev–Trinajstić information content (AvgIpc) is 1.17. The highest BCUT2D eigenvalue weighted by Crippen LogP contribution is 2.42. The lowest BCUT2D eigenvalue weighted by Crippen LogP contribution is -2.64. The van der Waals surface area contributed by atoms with Gasteiger partial charge in [-0.05, 0) is 197 Å². The first-order chi connectivity index (χ1) is 52.7. The monoisotopic (exact) mass is 1560 g/mol. The lowest BCUT2D eigenvalue weighted by atomic mass is 9.81. The Morgan fingerprint density at radius 3 is 1.33 bits per heavy atom. The van der Waals surface area contributed by atoms with Crippen LogP contribution in [0.2, 0.25) is 0 Å². The number of cyclic esters (lactones) is 2. The third-order valence-electron chi connectivity index (χ3n) is 25.7. The van der Waals surface area contributed by atoms with E-state index < -0.39 is 180 Å². The highest BCUT2D eigenvalue weighted by atomic mass is 16.7. The largest absolute Gasteiger partial charge is 0.456 e. The zero-order valence-corrected chi connectivity index (χ0v) is 69.0. The van der Waals surface area contributed by atoms with Gasteiger partial charge in [0.25, 0.3) is 17.6 Å². The summed E-state index contributed by atoms with van der Waals surface area (Å²) >= 11 is 0. The zero-order valence-electron chi connectivity index (χ0n) is 69.0. The average molecular weight is 1560 g/mol. The normalized spacial score (nSPS) is 41.4. The molecule has 25 heteroatoms. The molecule has 4 bridgehead atoms. The minimum absolute atomic E-state index is 0.00723. The van der Waals surface area contributed by atoms with E-state index in [0.717, 1.165) is 16.0 Å². The number of piperidine rings is 2. The van der Waals surface area contributed by atoms with Gasteiger partial charge in [0.1, 0.15) is 54.2 Å². The molecule has 626 valence electrons. The van der Waals surface area contributed by atoms with Crippen LogP contribution in [0.25, 0.3) is 0 Å². The van der Waals surface area contributed by atoms with Crippen LogP contribution in [0.1, 0.15) is 210 Å². The SMILES string of the molecule is CO[C@H]1C[C@@H](C)C/C(C)=C/[C@@H](C/C=C/CC2/C=C(\C)C[C@H](C)C[C@H](OC)[C@H]3O[C@@](O)(C(=O)C(=O)N4CCCCC4C(=O)O[C@H](/C(C)=C/[C@@H]4CC[C@@H](O)[C@H](OC)C4)[C@H](C)[C@@H](O)CC2=O)[C@H](C)C[C@H]3OC)C(=O)C[C@H](O)[C@@H](C)[C@@H](/C(C)=C/[C@@H]2CC[C@@H](O)[C@H](OC)C2)OC(=O)C2CCCCN2C(=O)C(=O)C2O[C@H]1[C@H](OC)C[C@H]2C. The molecule has 8 aliphatic rings. The van der Waals surface area contributed by atoms with E-state index in [2.05, 4.69) is 6.92 Å². The van der Waals surface area contributed by atoms with Crippen molar-refractivity contribution in [1.82, 2.24) is 9.80 Å². The molecule has 111 heavy (non-hydrogen) atoms. The summed E-state index contributed by atoms with van der Waals surface area (Å²) in [4.78, 5) is 122. The van der Waals surface area contributed by atoms with Crippen molar-refractivity contribution >= 4 is 46.9 Å². The summed E-state index contributed by atoms with van der Waals surface area (Å²) in [6.07, 6.45) is 5.94. The van der Waals surface area contributed by atoms with Crippen LogP contribution in [0.15, 0.2) is 58.7 Å². The van der Waals surface area contributed by atoms with Crippen molar-refractivity contribution in [3.8, 4) is 0 Å². The fourth-order valence-corrected chi connectivity index (χ4v) is 19.0. The molecule has 0 aromatic carbocycles. The number of hydrogen-bond donors (Lipinski definition) is 5. The van der Waals surface area contributed by atoms with E-state index in [4.69, 9.17) is 47.4 Å². The number of allylic oxidation sites excluding steroid dienone is 8. The second kappa shape index (κ2) is 42.0. The number of hydrogen-bond acceptors (Lipinski definition) is 23. The van der Waals surface area contributed by atoms with Gasteiger partial charge in [-0.1, -0.05) is 89.1 Å². The van der Waals surface area contributed by atoms with E-state index in [-0.39, 0.29) is 93.3 Å². The number of Topliss-reactive ketones (excluding diaryl/α,β-unsaturated/α-hetero) is 4. The molecule has 5 N–H and O–H groups in total. The van der Waals surface area contributed by atoms with Gasteiger partial charge in [0.2, 0.25) is 11.6 Å². The summed E-state index contributed by atoms with van der Waals surface area (Å²) in [5.41, 5.74) is 2.85. The van der Waals surface area contributed by atoms with Crippen molar-refractivity contribution < 1.29 is 111 Å². The van der Waals surface area contributed by atoms with Gasteiger partial charge in [-0.3, -0.25) is 28.8 Å². The van der Waals surface area contributed by atoms with E-state index in [9.17, 15) is 54.3 Å². The minimum atomic E-state index is -2.63. The van der Waals surface area contributed by atoms with Crippen LogP contribution in [-0.2, 0) is 85.7 Å². The maximum atomic E-state index is 15.3. The standard InChI is InChI=1S/C86H134N2O23/c1-47-33-49(3)37-71(104-13)79-73(106-15)41-53(7)78(108-79)75(95)82(97)87-31-21-19-25-61(87)84(99)109-76(51(5)39-57-27-29-63(89)69(43-57)102-11)55(9)65(91)45-67(93)59(35-47)23-17-18-24-60-36-48(2)34-50(4)38-72(105-14)80-74(107-16)42-54(8)86(101,111-80)81(96)83(98)88-32-22-20-26-62(88)85(100)110-77(56(10)66(92)46-68(60)94)52(6)40-58-28-30-64(90)70(44-58)103-12/h17-18,35-36,39-40,49-50,53-66,69-74,76-80,89-92,101H,19-34,37-38,41-46H2,1-16H3/b18-17+,47-35+,48-36+,51-39+,52-40+/t49-,50-,53+,54+,55+,56+,57-,58-,59+,60?,61?,62?,63+,64+,65-,66-,69+,70+,71-,72-,73+,74+,76+,77+,78?,79+,80+,86+/m0/s1. The molecule has 2 aliphatic carbocycles. The number of methoxy groups -OCH3 is 6. The van der Waals surface area contributed by atoms with E-state index in [1.165, 1.54) is 26.2 Å². The fraction of sp³-hybridized carbons (Fsp3) is 0.791. The van der Waals surface area contributed by atoms with Crippen molar-refractivity contribution in [3.63, 3.8) is 0 Å². The number of ketones is 4. The smallest absolute Gasteiger partial charge is 0.329 e. The number of esters is 2. The summed E-state index contributed by atoms with van der Waals surface area (Å²) in [5.74, 6) is -14.1. The second-order valence-electron chi connectivity index (χ2n) is 34.3. The van der Waals surface area contributed by atoms with E-state index in [1.54, 1.807) is 55.9 Å². The fourth-order valence-electron chi connectivity index (χ4n) is 19.0. The minimum Gasteiger partial charge on any atom is -0.456 e. The predicted molar refractivity (Wildman–Crippen MR) is 413 cm³/mol. The number of amides is 2. The maximum absolute atomic E-state index is 15.3. The van der Waals surface area contributed by atoms with Gasteiger partial charge >= 0.3 is 11.9 Å². The van der Waals surface area contributed by atoms with Crippen LogP contribution >= 0.6 is 0 Å². The maximum Gasteiger partial charge on any atom is 0.329 e.